The monoisotopic (exact) mass is 376 g/mol. The summed E-state index contributed by atoms with van der Waals surface area (Å²) in [6.45, 7) is 4.47. The Bertz CT molecular complexity index is 638. The summed E-state index contributed by atoms with van der Waals surface area (Å²) in [6.07, 6.45) is 21.0. The Morgan fingerprint density at radius 3 is 2.29 bits per heavy atom. The van der Waals surface area contributed by atoms with Gasteiger partial charge in [0.2, 0.25) is 0 Å². The maximum absolute atomic E-state index is 3.55. The van der Waals surface area contributed by atoms with E-state index in [0.717, 1.165) is 17.8 Å². The van der Waals surface area contributed by atoms with Gasteiger partial charge in [0.25, 0.3) is 0 Å². The Kier molecular flexibility index (Phi) is 8.72. The minimum atomic E-state index is 0.612. The fraction of sp³-hybridized carbons (Fsp3) is 0.643. The van der Waals surface area contributed by atoms with Crippen LogP contribution in [0.4, 0.5) is 0 Å². The third-order valence-electron chi connectivity index (χ3n) is 7.12. The molecule has 0 aliphatic heterocycles. The average molecular weight is 377 g/mol. The second kappa shape index (κ2) is 11.5. The van der Waals surface area contributed by atoms with Crippen LogP contribution < -0.4 is 0 Å². The fourth-order valence-corrected chi connectivity index (χ4v) is 5.11. The normalized spacial score (nSPS) is 28.1. The first-order valence-electron chi connectivity index (χ1n) is 12.0. The lowest BCUT2D eigenvalue weighted by Gasteiger charge is -2.26. The number of unbranched alkanes of at least 4 members (excludes halogenated alkanes) is 2. The van der Waals surface area contributed by atoms with Gasteiger partial charge in [0.05, 0.1) is 0 Å². The van der Waals surface area contributed by atoms with E-state index in [0.29, 0.717) is 5.92 Å². The molecule has 2 aliphatic carbocycles. The van der Waals surface area contributed by atoms with Crippen LogP contribution in [0, 0.1) is 36.5 Å². The first-order valence-corrected chi connectivity index (χ1v) is 12.0. The highest BCUT2D eigenvalue weighted by Crippen LogP contribution is 2.35. The van der Waals surface area contributed by atoms with Gasteiger partial charge in [-0.25, -0.2) is 0 Å². The van der Waals surface area contributed by atoms with Gasteiger partial charge in [-0.05, 0) is 87.7 Å². The van der Waals surface area contributed by atoms with Crippen LogP contribution in [0.1, 0.15) is 101 Å². The molecule has 3 rings (SSSR count). The molecule has 2 aliphatic rings. The van der Waals surface area contributed by atoms with E-state index in [1.54, 1.807) is 0 Å². The Morgan fingerprint density at radius 1 is 0.893 bits per heavy atom. The van der Waals surface area contributed by atoms with Crippen molar-refractivity contribution in [2.24, 2.45) is 17.8 Å². The van der Waals surface area contributed by atoms with Crippen LogP contribution in [-0.2, 0) is 0 Å². The van der Waals surface area contributed by atoms with Crippen LogP contribution in [0.25, 0.3) is 0 Å². The van der Waals surface area contributed by atoms with Crippen LogP contribution in [-0.4, -0.2) is 0 Å². The quantitative estimate of drug-likeness (QED) is 0.346. The largest absolute Gasteiger partial charge is 0.0951 e. The highest BCUT2D eigenvalue weighted by Gasteiger charge is 2.21. The van der Waals surface area contributed by atoms with E-state index in [2.05, 4.69) is 62.1 Å². The lowest BCUT2D eigenvalue weighted by molar-refractivity contribution is 0.289. The van der Waals surface area contributed by atoms with Gasteiger partial charge in [-0.2, -0.15) is 0 Å². The number of benzene rings is 1. The van der Waals surface area contributed by atoms with Gasteiger partial charge in [-0.1, -0.05) is 80.4 Å². The molecule has 0 radical (unpaired) electrons. The summed E-state index contributed by atoms with van der Waals surface area (Å²) >= 11 is 0. The molecular weight excluding hydrogens is 336 g/mol. The zero-order chi connectivity index (χ0) is 19.6. The number of hydrogen-bond acceptors (Lipinski definition) is 0. The average Bonchev–Trinajstić information content (AvgIpc) is 2.73. The molecule has 152 valence electrons. The molecule has 1 aromatic rings. The lowest BCUT2D eigenvalue weighted by atomic mass is 9.79. The van der Waals surface area contributed by atoms with Crippen molar-refractivity contribution in [3.63, 3.8) is 0 Å². The molecule has 0 amide bonds. The van der Waals surface area contributed by atoms with Crippen molar-refractivity contribution < 1.29 is 0 Å². The van der Waals surface area contributed by atoms with Gasteiger partial charge < -0.3 is 0 Å². The maximum Gasteiger partial charge on any atom is 0.0206 e. The first kappa shape index (κ1) is 21.2. The number of aryl methyl sites for hydroxylation is 1. The van der Waals surface area contributed by atoms with E-state index in [1.807, 2.05) is 0 Å². The lowest BCUT2D eigenvalue weighted by Crippen LogP contribution is -2.13. The Labute approximate surface area is 174 Å². The van der Waals surface area contributed by atoms with Gasteiger partial charge in [-0.3, -0.25) is 0 Å². The highest BCUT2D eigenvalue weighted by molar-refractivity contribution is 5.25. The molecule has 0 atom stereocenters. The topological polar surface area (TPSA) is 0 Å². The van der Waals surface area contributed by atoms with Crippen LogP contribution >= 0.6 is 0 Å². The molecule has 0 saturated heterocycles. The summed E-state index contributed by atoms with van der Waals surface area (Å²) in [6, 6.07) is 9.16. The van der Waals surface area contributed by atoms with Gasteiger partial charge in [0, 0.05) is 5.92 Å². The molecule has 0 aromatic heterocycles. The number of rotatable bonds is 6. The molecule has 0 nitrogen and oxygen atoms in total. The smallest absolute Gasteiger partial charge is 0.0206 e. The van der Waals surface area contributed by atoms with Gasteiger partial charge in [0.15, 0.2) is 0 Å². The Morgan fingerprint density at radius 2 is 1.61 bits per heavy atom. The molecule has 28 heavy (non-hydrogen) atoms. The molecule has 0 spiro atoms. The standard InChI is InChI=1S/C28H40/c1-3-4-5-8-24-13-15-25(16-14-24)9-6-7-10-26-17-21-28(22-18-26)27-19-11-23(2)12-20-27/h6,9,11-12,19-20,24-26,28H,3-5,8,13-18,21-22H2,1-2H3. The molecule has 0 bridgehead atoms. The molecule has 1 aromatic carbocycles. The van der Waals surface area contributed by atoms with E-state index in [4.69, 9.17) is 0 Å². The van der Waals surface area contributed by atoms with Crippen molar-refractivity contribution in [2.45, 2.75) is 96.8 Å². The highest BCUT2D eigenvalue weighted by atomic mass is 14.3. The molecule has 0 N–H and O–H groups in total. The van der Waals surface area contributed by atoms with E-state index in [9.17, 15) is 0 Å². The van der Waals surface area contributed by atoms with Gasteiger partial charge >= 0.3 is 0 Å². The van der Waals surface area contributed by atoms with Crippen molar-refractivity contribution in [2.75, 3.05) is 0 Å². The Balaban J connectivity index is 1.35. The zero-order valence-electron chi connectivity index (χ0n) is 18.3. The van der Waals surface area contributed by atoms with E-state index in [1.165, 1.54) is 88.2 Å². The number of allylic oxidation sites excluding steroid dienone is 2. The van der Waals surface area contributed by atoms with Crippen molar-refractivity contribution in [1.29, 1.82) is 0 Å². The molecular formula is C28H40. The predicted octanol–water partition coefficient (Wildman–Crippen LogP) is 8.22. The summed E-state index contributed by atoms with van der Waals surface area (Å²) in [5.74, 6) is 10.1. The van der Waals surface area contributed by atoms with Crippen LogP contribution in [0.2, 0.25) is 0 Å². The third kappa shape index (κ3) is 6.84. The maximum atomic E-state index is 3.55. The number of hydrogen-bond donors (Lipinski definition) is 0. The van der Waals surface area contributed by atoms with Gasteiger partial charge in [0.1, 0.15) is 0 Å². The molecule has 0 heteroatoms. The minimum Gasteiger partial charge on any atom is -0.0951 e. The summed E-state index contributed by atoms with van der Waals surface area (Å²) in [4.78, 5) is 0. The van der Waals surface area contributed by atoms with Crippen molar-refractivity contribution in [1.82, 2.24) is 0 Å². The van der Waals surface area contributed by atoms with Crippen molar-refractivity contribution in [3.05, 3.63) is 47.5 Å². The molecule has 0 unspecified atom stereocenters. The summed E-state index contributed by atoms with van der Waals surface area (Å²) in [5.41, 5.74) is 2.89. The molecule has 2 saturated carbocycles. The summed E-state index contributed by atoms with van der Waals surface area (Å²) in [7, 11) is 0. The van der Waals surface area contributed by atoms with E-state index in [-0.39, 0.29) is 0 Å². The summed E-state index contributed by atoms with van der Waals surface area (Å²) < 4.78 is 0. The summed E-state index contributed by atoms with van der Waals surface area (Å²) in [5, 5.41) is 0. The van der Waals surface area contributed by atoms with Crippen LogP contribution in [0.5, 0.6) is 0 Å². The second-order valence-corrected chi connectivity index (χ2v) is 9.38. The fourth-order valence-electron chi connectivity index (χ4n) is 5.11. The molecule has 2 fully saturated rings. The Hall–Kier alpha value is -1.48. The molecule has 0 heterocycles. The minimum absolute atomic E-state index is 0.612. The third-order valence-corrected chi connectivity index (χ3v) is 7.12. The predicted molar refractivity (Wildman–Crippen MR) is 122 cm³/mol. The second-order valence-electron chi connectivity index (χ2n) is 9.38. The SMILES string of the molecule is CCCCCC1CCC(C=CC#CC2CCC(c3ccc(C)cc3)CC2)CC1. The van der Waals surface area contributed by atoms with Crippen molar-refractivity contribution >= 4 is 0 Å². The zero-order valence-corrected chi connectivity index (χ0v) is 18.3. The first-order chi connectivity index (χ1) is 13.7. The van der Waals surface area contributed by atoms with Gasteiger partial charge in [-0.15, -0.1) is 0 Å². The van der Waals surface area contributed by atoms with Crippen molar-refractivity contribution in [3.8, 4) is 11.8 Å². The van der Waals surface area contributed by atoms with E-state index < -0.39 is 0 Å². The van der Waals surface area contributed by atoms with E-state index >= 15 is 0 Å². The van der Waals surface area contributed by atoms with Crippen LogP contribution in [0.3, 0.4) is 0 Å². The van der Waals surface area contributed by atoms with Crippen LogP contribution in [0.15, 0.2) is 36.4 Å².